The smallest absolute Gasteiger partial charge is 0.419 e. The molecule has 1 aromatic heterocycles. The number of nitrogens with two attached hydrogens (primary N) is 1. The predicted molar refractivity (Wildman–Crippen MR) is 115 cm³/mol. The number of H-pyrrole nitrogens is 1. The van der Waals surface area contributed by atoms with E-state index in [2.05, 4.69) is 25.9 Å². The lowest BCUT2D eigenvalue weighted by atomic mass is 10.0. The standard InChI is InChI=1S/C22H20BrF4N3O2/c1-11(28)12-3-2-4-14(22(25,26)27)19(12)32-10-21(5-6-21)9-18-29-17-8-16(24)15(23)7-13(17)20(31)30-18/h2-4,7-8,11H,5-6,9-10,28H2,1H3,(H,29,30,31)/t11-/m1/s1. The fourth-order valence-electron chi connectivity index (χ4n) is 3.69. The SMILES string of the molecule is C[C@@H](N)c1cccc(C(F)(F)F)c1OCC1(Cc2nc3cc(F)c(Br)cc3c(=O)[nH]2)CC1. The zero-order valence-corrected chi connectivity index (χ0v) is 18.6. The van der Waals surface area contributed by atoms with Crippen molar-refractivity contribution in [2.24, 2.45) is 11.1 Å². The van der Waals surface area contributed by atoms with Crippen molar-refractivity contribution in [2.45, 2.75) is 38.4 Å². The van der Waals surface area contributed by atoms with Gasteiger partial charge in [-0.05, 0) is 47.8 Å². The van der Waals surface area contributed by atoms with Gasteiger partial charge in [0.05, 0.1) is 27.5 Å². The number of nitrogens with zero attached hydrogens (tertiary/aromatic N) is 1. The molecule has 4 rings (SSSR count). The van der Waals surface area contributed by atoms with Crippen LogP contribution in [0, 0.1) is 11.2 Å². The third kappa shape index (κ3) is 4.52. The molecule has 1 saturated carbocycles. The van der Waals surface area contributed by atoms with Crippen molar-refractivity contribution in [2.75, 3.05) is 6.61 Å². The summed E-state index contributed by atoms with van der Waals surface area (Å²) in [4.78, 5) is 19.5. The third-order valence-corrected chi connectivity index (χ3v) is 6.27. The Morgan fingerprint density at radius 1 is 1.31 bits per heavy atom. The Balaban J connectivity index is 1.60. The summed E-state index contributed by atoms with van der Waals surface area (Å²) >= 11 is 3.05. The van der Waals surface area contributed by atoms with Crippen LogP contribution in [0.1, 0.15) is 42.8 Å². The van der Waals surface area contributed by atoms with Gasteiger partial charge in [-0.3, -0.25) is 4.79 Å². The van der Waals surface area contributed by atoms with Gasteiger partial charge in [0.15, 0.2) is 0 Å². The van der Waals surface area contributed by atoms with E-state index >= 15 is 0 Å². The van der Waals surface area contributed by atoms with E-state index in [0.717, 1.165) is 6.07 Å². The minimum Gasteiger partial charge on any atom is -0.492 e. The number of benzene rings is 2. The van der Waals surface area contributed by atoms with E-state index in [4.69, 9.17) is 10.5 Å². The Morgan fingerprint density at radius 2 is 2.03 bits per heavy atom. The van der Waals surface area contributed by atoms with E-state index in [1.54, 1.807) is 6.92 Å². The first kappa shape index (κ1) is 22.7. The van der Waals surface area contributed by atoms with Gasteiger partial charge in [0, 0.05) is 29.5 Å². The molecule has 0 unspecified atom stereocenters. The summed E-state index contributed by atoms with van der Waals surface area (Å²) in [6.07, 6.45) is -2.89. The van der Waals surface area contributed by atoms with Crippen LogP contribution in [0.4, 0.5) is 17.6 Å². The zero-order valence-electron chi connectivity index (χ0n) is 17.0. The van der Waals surface area contributed by atoms with Crippen LogP contribution >= 0.6 is 15.9 Å². The highest BCUT2D eigenvalue weighted by molar-refractivity contribution is 9.10. The van der Waals surface area contributed by atoms with Gasteiger partial charge in [-0.1, -0.05) is 12.1 Å². The van der Waals surface area contributed by atoms with Crippen LogP contribution in [0.5, 0.6) is 5.75 Å². The van der Waals surface area contributed by atoms with Crippen molar-refractivity contribution in [3.8, 4) is 5.75 Å². The lowest BCUT2D eigenvalue weighted by Crippen LogP contribution is -2.22. The number of aromatic nitrogens is 2. The van der Waals surface area contributed by atoms with Crippen LogP contribution in [-0.2, 0) is 12.6 Å². The molecule has 1 aliphatic rings. The first-order valence-electron chi connectivity index (χ1n) is 9.95. The molecule has 10 heteroatoms. The number of hydrogen-bond acceptors (Lipinski definition) is 4. The number of halogens is 5. The Labute approximate surface area is 189 Å². The van der Waals surface area contributed by atoms with Crippen molar-refractivity contribution in [1.29, 1.82) is 0 Å². The monoisotopic (exact) mass is 513 g/mol. The van der Waals surface area contributed by atoms with Gasteiger partial charge >= 0.3 is 6.18 Å². The molecule has 1 aliphatic carbocycles. The van der Waals surface area contributed by atoms with Crippen molar-refractivity contribution in [1.82, 2.24) is 9.97 Å². The molecule has 1 fully saturated rings. The van der Waals surface area contributed by atoms with Crippen LogP contribution in [-0.4, -0.2) is 16.6 Å². The molecule has 170 valence electrons. The summed E-state index contributed by atoms with van der Waals surface area (Å²) in [5.41, 5.74) is 4.60. The fourth-order valence-corrected chi connectivity index (χ4v) is 4.04. The number of hydrogen-bond donors (Lipinski definition) is 2. The summed E-state index contributed by atoms with van der Waals surface area (Å²) in [5.74, 6) is -0.479. The topological polar surface area (TPSA) is 81.0 Å². The van der Waals surface area contributed by atoms with Gasteiger partial charge in [-0.2, -0.15) is 13.2 Å². The fraction of sp³-hybridized carbons (Fsp3) is 0.364. The van der Waals surface area contributed by atoms with Crippen LogP contribution in [0.25, 0.3) is 10.9 Å². The largest absolute Gasteiger partial charge is 0.492 e. The second-order valence-electron chi connectivity index (χ2n) is 8.27. The lowest BCUT2D eigenvalue weighted by molar-refractivity contribution is -0.139. The molecule has 0 radical (unpaired) electrons. The van der Waals surface area contributed by atoms with Crippen molar-refractivity contribution < 1.29 is 22.3 Å². The Morgan fingerprint density at radius 3 is 2.66 bits per heavy atom. The molecule has 3 N–H and O–H groups in total. The number of nitrogens with one attached hydrogen (secondary N) is 1. The van der Waals surface area contributed by atoms with Crippen molar-refractivity contribution in [3.63, 3.8) is 0 Å². The van der Waals surface area contributed by atoms with E-state index in [1.165, 1.54) is 24.3 Å². The predicted octanol–water partition coefficient (Wildman–Crippen LogP) is 5.26. The van der Waals surface area contributed by atoms with Crippen LogP contribution in [0.2, 0.25) is 0 Å². The Kier molecular flexibility index (Phi) is 5.79. The number of alkyl halides is 3. The van der Waals surface area contributed by atoms with E-state index in [0.29, 0.717) is 18.7 Å². The molecule has 0 amide bonds. The summed E-state index contributed by atoms with van der Waals surface area (Å²) in [5, 5.41) is 0.240. The number of aromatic amines is 1. The number of rotatable bonds is 6. The van der Waals surface area contributed by atoms with Crippen LogP contribution in [0.3, 0.4) is 0 Å². The minimum absolute atomic E-state index is 0.0102. The Bertz CT molecular complexity index is 1240. The van der Waals surface area contributed by atoms with E-state index in [1.807, 2.05) is 0 Å². The molecule has 0 saturated heterocycles. The highest BCUT2D eigenvalue weighted by atomic mass is 79.9. The van der Waals surface area contributed by atoms with Gasteiger partial charge in [-0.15, -0.1) is 0 Å². The zero-order chi connectivity index (χ0) is 23.3. The molecule has 5 nitrogen and oxygen atoms in total. The normalized spacial score (nSPS) is 16.2. The first-order valence-corrected chi connectivity index (χ1v) is 10.7. The van der Waals surface area contributed by atoms with Crippen molar-refractivity contribution in [3.05, 3.63) is 67.9 Å². The van der Waals surface area contributed by atoms with Crippen LogP contribution < -0.4 is 16.0 Å². The van der Waals surface area contributed by atoms with Gasteiger partial charge in [0.1, 0.15) is 17.4 Å². The van der Waals surface area contributed by atoms with E-state index < -0.39 is 34.6 Å². The lowest BCUT2D eigenvalue weighted by Gasteiger charge is -2.22. The Hall–Kier alpha value is -2.46. The minimum atomic E-state index is -4.58. The summed E-state index contributed by atoms with van der Waals surface area (Å²) in [6, 6.07) is 5.68. The molecular formula is C22H20BrF4N3O2. The average molecular weight is 514 g/mol. The molecule has 0 aliphatic heterocycles. The second-order valence-corrected chi connectivity index (χ2v) is 9.13. The maximum Gasteiger partial charge on any atom is 0.419 e. The quantitative estimate of drug-likeness (QED) is 0.440. The molecule has 2 aromatic carbocycles. The average Bonchev–Trinajstić information content (AvgIpc) is 3.46. The summed E-state index contributed by atoms with van der Waals surface area (Å²) < 4.78 is 60.3. The maximum atomic E-state index is 13.9. The van der Waals surface area contributed by atoms with E-state index in [9.17, 15) is 22.4 Å². The van der Waals surface area contributed by atoms with E-state index in [-0.39, 0.29) is 39.7 Å². The van der Waals surface area contributed by atoms with Gasteiger partial charge in [0.25, 0.3) is 5.56 Å². The summed E-state index contributed by atoms with van der Waals surface area (Å²) in [7, 11) is 0. The van der Waals surface area contributed by atoms with Gasteiger partial charge < -0.3 is 15.5 Å². The molecular weight excluding hydrogens is 494 g/mol. The molecule has 1 atom stereocenters. The maximum absolute atomic E-state index is 13.9. The van der Waals surface area contributed by atoms with Crippen molar-refractivity contribution >= 4 is 26.8 Å². The first-order chi connectivity index (χ1) is 15.0. The molecule has 0 bridgehead atoms. The third-order valence-electron chi connectivity index (χ3n) is 5.66. The van der Waals surface area contributed by atoms with Gasteiger partial charge in [0.2, 0.25) is 0 Å². The highest BCUT2D eigenvalue weighted by Crippen LogP contribution is 2.49. The molecule has 0 spiro atoms. The van der Waals surface area contributed by atoms with Gasteiger partial charge in [-0.25, -0.2) is 9.37 Å². The molecule has 32 heavy (non-hydrogen) atoms. The molecule has 3 aromatic rings. The number of fused-ring (bicyclic) bond motifs is 1. The molecule has 1 heterocycles. The summed E-state index contributed by atoms with van der Waals surface area (Å²) in [6.45, 7) is 1.60. The van der Waals surface area contributed by atoms with Crippen LogP contribution in [0.15, 0.2) is 39.6 Å². The second kappa shape index (κ2) is 8.15. The highest BCUT2D eigenvalue weighted by Gasteiger charge is 2.45. The number of para-hydroxylation sites is 1. The number of ether oxygens (including phenoxy) is 1.